The van der Waals surface area contributed by atoms with Crippen LogP contribution in [0, 0.1) is 12.7 Å². The highest BCUT2D eigenvalue weighted by molar-refractivity contribution is 5.52. The number of benzene rings is 2. The molecule has 21 heavy (non-hydrogen) atoms. The van der Waals surface area contributed by atoms with E-state index in [1.165, 1.54) is 24.3 Å². The van der Waals surface area contributed by atoms with Crippen LogP contribution in [0.15, 0.2) is 42.5 Å². The Morgan fingerprint density at radius 3 is 2.43 bits per heavy atom. The van der Waals surface area contributed by atoms with Crippen molar-refractivity contribution in [3.8, 4) is 0 Å². The standard InChI is InChI=1S/C16H15F4N/c1-11-10-13(17)7-6-12(11)8-9-21-15-5-3-2-4-14(15)16(18,19)20/h2-7,10,21H,8-9H2,1H3. The Balaban J connectivity index is 2.04. The number of para-hydroxylation sites is 1. The van der Waals surface area contributed by atoms with Gasteiger partial charge in [-0.3, -0.25) is 0 Å². The maximum absolute atomic E-state index is 13.0. The third kappa shape index (κ3) is 3.97. The molecule has 0 amide bonds. The molecule has 1 N–H and O–H groups in total. The minimum atomic E-state index is -4.38. The summed E-state index contributed by atoms with van der Waals surface area (Å²) in [5, 5.41) is 2.80. The minimum Gasteiger partial charge on any atom is -0.384 e. The predicted molar refractivity (Wildman–Crippen MR) is 74.8 cm³/mol. The summed E-state index contributed by atoms with van der Waals surface area (Å²) < 4.78 is 51.5. The molecule has 0 aliphatic carbocycles. The fourth-order valence-corrected chi connectivity index (χ4v) is 2.16. The van der Waals surface area contributed by atoms with E-state index in [-0.39, 0.29) is 11.5 Å². The smallest absolute Gasteiger partial charge is 0.384 e. The van der Waals surface area contributed by atoms with Gasteiger partial charge in [0.05, 0.1) is 5.56 Å². The maximum Gasteiger partial charge on any atom is 0.418 e. The summed E-state index contributed by atoms with van der Waals surface area (Å²) in [5.41, 5.74) is 1.08. The first-order valence-corrected chi connectivity index (χ1v) is 6.53. The van der Waals surface area contributed by atoms with Gasteiger partial charge in [0.2, 0.25) is 0 Å². The summed E-state index contributed by atoms with van der Waals surface area (Å²) in [4.78, 5) is 0. The molecule has 0 spiro atoms. The molecule has 0 bridgehead atoms. The molecule has 2 aromatic rings. The Bertz CT molecular complexity index is 620. The second-order valence-corrected chi connectivity index (χ2v) is 4.79. The van der Waals surface area contributed by atoms with Crippen LogP contribution in [0.4, 0.5) is 23.2 Å². The summed E-state index contributed by atoms with van der Waals surface area (Å²) in [5.74, 6) is -0.313. The molecule has 0 radical (unpaired) electrons. The molecule has 2 aromatic carbocycles. The molecule has 0 aliphatic rings. The first kappa shape index (κ1) is 15.4. The van der Waals surface area contributed by atoms with Crippen molar-refractivity contribution in [1.82, 2.24) is 0 Å². The van der Waals surface area contributed by atoms with E-state index in [4.69, 9.17) is 0 Å². The van der Waals surface area contributed by atoms with Crippen molar-refractivity contribution >= 4 is 5.69 Å². The lowest BCUT2D eigenvalue weighted by molar-refractivity contribution is -0.136. The van der Waals surface area contributed by atoms with Gasteiger partial charge < -0.3 is 5.32 Å². The normalized spacial score (nSPS) is 11.5. The van der Waals surface area contributed by atoms with E-state index < -0.39 is 11.7 Å². The zero-order valence-corrected chi connectivity index (χ0v) is 11.5. The number of halogens is 4. The second kappa shape index (κ2) is 6.16. The molecule has 0 aromatic heterocycles. The molecule has 0 fully saturated rings. The first-order chi connectivity index (χ1) is 9.88. The highest BCUT2D eigenvalue weighted by Crippen LogP contribution is 2.34. The van der Waals surface area contributed by atoms with E-state index in [0.717, 1.165) is 17.2 Å². The number of hydrogen-bond donors (Lipinski definition) is 1. The lowest BCUT2D eigenvalue weighted by Crippen LogP contribution is -2.12. The van der Waals surface area contributed by atoms with Crippen LogP contribution < -0.4 is 5.32 Å². The van der Waals surface area contributed by atoms with Crippen molar-refractivity contribution in [2.24, 2.45) is 0 Å². The minimum absolute atomic E-state index is 0.0600. The van der Waals surface area contributed by atoms with Gasteiger partial charge in [0, 0.05) is 12.2 Å². The highest BCUT2D eigenvalue weighted by Gasteiger charge is 2.32. The van der Waals surface area contributed by atoms with Crippen LogP contribution >= 0.6 is 0 Å². The Morgan fingerprint density at radius 2 is 1.76 bits per heavy atom. The van der Waals surface area contributed by atoms with Crippen molar-refractivity contribution < 1.29 is 17.6 Å². The van der Waals surface area contributed by atoms with Crippen LogP contribution in [0.25, 0.3) is 0 Å². The van der Waals surface area contributed by atoms with Gasteiger partial charge >= 0.3 is 6.18 Å². The largest absolute Gasteiger partial charge is 0.418 e. The Kier molecular flexibility index (Phi) is 4.50. The first-order valence-electron chi connectivity index (χ1n) is 6.53. The summed E-state index contributed by atoms with van der Waals surface area (Å²) in [6.07, 6.45) is -3.85. The van der Waals surface area contributed by atoms with Crippen molar-refractivity contribution in [3.63, 3.8) is 0 Å². The fourth-order valence-electron chi connectivity index (χ4n) is 2.16. The van der Waals surface area contributed by atoms with Gasteiger partial charge in [0.25, 0.3) is 0 Å². The lowest BCUT2D eigenvalue weighted by atomic mass is 10.1. The molecule has 0 heterocycles. The quantitative estimate of drug-likeness (QED) is 0.799. The molecule has 0 unspecified atom stereocenters. The van der Waals surface area contributed by atoms with Gasteiger partial charge in [-0.25, -0.2) is 4.39 Å². The molecule has 0 saturated heterocycles. The SMILES string of the molecule is Cc1cc(F)ccc1CCNc1ccccc1C(F)(F)F. The fraction of sp³-hybridized carbons (Fsp3) is 0.250. The number of hydrogen-bond acceptors (Lipinski definition) is 1. The molecule has 0 saturated carbocycles. The summed E-state index contributed by atoms with van der Waals surface area (Å²) in [7, 11) is 0. The molecule has 5 heteroatoms. The lowest BCUT2D eigenvalue weighted by Gasteiger charge is -2.14. The van der Waals surface area contributed by atoms with Crippen LogP contribution in [0.3, 0.4) is 0 Å². The van der Waals surface area contributed by atoms with Crippen LogP contribution in [-0.2, 0) is 12.6 Å². The predicted octanol–water partition coefficient (Wildman–Crippen LogP) is 4.81. The second-order valence-electron chi connectivity index (χ2n) is 4.79. The number of aryl methyl sites for hydroxylation is 1. The van der Waals surface area contributed by atoms with Crippen molar-refractivity contribution in [2.75, 3.05) is 11.9 Å². The van der Waals surface area contributed by atoms with Crippen LogP contribution in [0.5, 0.6) is 0 Å². The number of anilines is 1. The molecular weight excluding hydrogens is 282 g/mol. The third-order valence-corrected chi connectivity index (χ3v) is 3.25. The van der Waals surface area contributed by atoms with Gasteiger partial charge in [-0.05, 0) is 48.7 Å². The van der Waals surface area contributed by atoms with Gasteiger partial charge in [-0.1, -0.05) is 18.2 Å². The third-order valence-electron chi connectivity index (χ3n) is 3.25. The van der Waals surface area contributed by atoms with Gasteiger partial charge in [0.1, 0.15) is 5.82 Å². The Hall–Kier alpha value is -2.04. The average molecular weight is 297 g/mol. The monoisotopic (exact) mass is 297 g/mol. The van der Waals surface area contributed by atoms with Gasteiger partial charge in [-0.2, -0.15) is 13.2 Å². The summed E-state index contributed by atoms with van der Waals surface area (Å²) in [6.45, 7) is 2.13. The van der Waals surface area contributed by atoms with Crippen LogP contribution in [0.1, 0.15) is 16.7 Å². The van der Waals surface area contributed by atoms with E-state index in [9.17, 15) is 17.6 Å². The number of rotatable bonds is 4. The van der Waals surface area contributed by atoms with Crippen molar-refractivity contribution in [3.05, 3.63) is 65.0 Å². The average Bonchev–Trinajstić information content (AvgIpc) is 2.41. The zero-order valence-electron chi connectivity index (χ0n) is 11.5. The zero-order chi connectivity index (χ0) is 15.5. The van der Waals surface area contributed by atoms with Crippen LogP contribution in [0.2, 0.25) is 0 Å². The topological polar surface area (TPSA) is 12.0 Å². The van der Waals surface area contributed by atoms with Crippen molar-refractivity contribution in [1.29, 1.82) is 0 Å². The molecule has 0 aliphatic heterocycles. The number of nitrogens with one attached hydrogen (secondary N) is 1. The number of alkyl halides is 3. The Morgan fingerprint density at radius 1 is 1.05 bits per heavy atom. The van der Waals surface area contributed by atoms with Gasteiger partial charge in [0.15, 0.2) is 0 Å². The van der Waals surface area contributed by atoms with Crippen LogP contribution in [-0.4, -0.2) is 6.54 Å². The van der Waals surface area contributed by atoms with E-state index in [1.807, 2.05) is 0 Å². The van der Waals surface area contributed by atoms with E-state index in [2.05, 4.69) is 5.32 Å². The van der Waals surface area contributed by atoms with Crippen molar-refractivity contribution in [2.45, 2.75) is 19.5 Å². The van der Waals surface area contributed by atoms with E-state index in [0.29, 0.717) is 13.0 Å². The van der Waals surface area contributed by atoms with E-state index >= 15 is 0 Å². The Labute approximate surface area is 120 Å². The summed E-state index contributed by atoms with van der Waals surface area (Å²) >= 11 is 0. The molecule has 1 nitrogen and oxygen atoms in total. The maximum atomic E-state index is 13.0. The summed E-state index contributed by atoms with van der Waals surface area (Å²) in [6, 6.07) is 9.79. The molecular formula is C16H15F4N. The highest BCUT2D eigenvalue weighted by atomic mass is 19.4. The molecule has 2 rings (SSSR count). The van der Waals surface area contributed by atoms with Gasteiger partial charge in [-0.15, -0.1) is 0 Å². The molecule has 0 atom stereocenters. The van der Waals surface area contributed by atoms with E-state index in [1.54, 1.807) is 19.1 Å². The molecule has 112 valence electrons.